The summed E-state index contributed by atoms with van der Waals surface area (Å²) in [5.41, 5.74) is 1.29. The summed E-state index contributed by atoms with van der Waals surface area (Å²) in [6.45, 7) is 0.0751. The van der Waals surface area contributed by atoms with Crippen molar-refractivity contribution in [3.8, 4) is 5.75 Å². The number of ether oxygens (including phenoxy) is 1. The van der Waals surface area contributed by atoms with Gasteiger partial charge in [0.2, 0.25) is 5.91 Å². The Bertz CT molecular complexity index is 992. The summed E-state index contributed by atoms with van der Waals surface area (Å²) in [5.74, 6) is -1.19. The lowest BCUT2D eigenvalue weighted by atomic mass is 10.1. The highest BCUT2D eigenvalue weighted by Crippen LogP contribution is 2.31. The topological polar surface area (TPSA) is 75.7 Å². The number of nitrogens with zero attached hydrogens (tertiary/aromatic N) is 1. The zero-order valence-electron chi connectivity index (χ0n) is 16.0. The fourth-order valence-corrected chi connectivity index (χ4v) is 3.62. The van der Waals surface area contributed by atoms with Crippen molar-refractivity contribution >= 4 is 34.9 Å². The second-order valence-corrected chi connectivity index (χ2v) is 7.46. The lowest BCUT2D eigenvalue weighted by Gasteiger charge is -2.13. The maximum atomic E-state index is 12.4. The van der Waals surface area contributed by atoms with Crippen LogP contribution in [0.1, 0.15) is 11.1 Å². The molecule has 0 radical (unpaired) electrons. The van der Waals surface area contributed by atoms with Crippen LogP contribution < -0.4 is 10.1 Å². The number of rotatable bonds is 7. The first-order valence-corrected chi connectivity index (χ1v) is 9.95. The number of imide groups is 1. The van der Waals surface area contributed by atoms with E-state index in [9.17, 15) is 27.6 Å². The van der Waals surface area contributed by atoms with Gasteiger partial charge >= 0.3 is 6.36 Å². The number of alkyl halides is 3. The molecule has 0 unspecified atom stereocenters. The van der Waals surface area contributed by atoms with Crippen molar-refractivity contribution in [2.45, 2.75) is 12.8 Å². The first-order chi connectivity index (χ1) is 14.7. The van der Waals surface area contributed by atoms with Gasteiger partial charge in [-0.15, -0.1) is 13.2 Å². The molecule has 6 nitrogen and oxygen atoms in total. The molecule has 0 bridgehead atoms. The summed E-state index contributed by atoms with van der Waals surface area (Å²) in [5, 5.41) is 2.18. The Kier molecular flexibility index (Phi) is 7.01. The Morgan fingerprint density at radius 1 is 1.06 bits per heavy atom. The van der Waals surface area contributed by atoms with Crippen LogP contribution in [0.15, 0.2) is 59.5 Å². The summed E-state index contributed by atoms with van der Waals surface area (Å²) in [6, 6.07) is 14.1. The van der Waals surface area contributed by atoms with Crippen LogP contribution in [0.2, 0.25) is 0 Å². The summed E-state index contributed by atoms with van der Waals surface area (Å²) in [6.07, 6.45) is -3.21. The Hall–Kier alpha value is -3.27. The summed E-state index contributed by atoms with van der Waals surface area (Å²) in [4.78, 5) is 37.9. The third kappa shape index (κ3) is 6.61. The van der Waals surface area contributed by atoms with E-state index in [0.29, 0.717) is 10.5 Å². The SMILES string of the molecule is O=C(Cc1ccc(OC(F)(F)F)cc1)NCCN1C(=O)S/C(=C\c2ccccc2)C1=O. The first-order valence-electron chi connectivity index (χ1n) is 9.13. The second kappa shape index (κ2) is 9.69. The van der Waals surface area contributed by atoms with Gasteiger partial charge < -0.3 is 10.1 Å². The minimum Gasteiger partial charge on any atom is -0.406 e. The van der Waals surface area contributed by atoms with E-state index in [2.05, 4.69) is 10.1 Å². The van der Waals surface area contributed by atoms with Crippen LogP contribution in [0.3, 0.4) is 0 Å². The van der Waals surface area contributed by atoms with Crippen molar-refractivity contribution in [3.63, 3.8) is 0 Å². The van der Waals surface area contributed by atoms with E-state index in [1.165, 1.54) is 12.1 Å². The Labute approximate surface area is 180 Å². The molecule has 3 amide bonds. The molecule has 0 aromatic heterocycles. The monoisotopic (exact) mass is 450 g/mol. The predicted octanol–water partition coefficient (Wildman–Crippen LogP) is 3.98. The second-order valence-electron chi connectivity index (χ2n) is 6.46. The van der Waals surface area contributed by atoms with E-state index in [1.807, 2.05) is 30.3 Å². The van der Waals surface area contributed by atoms with Gasteiger partial charge in [0, 0.05) is 13.1 Å². The van der Waals surface area contributed by atoms with E-state index in [-0.39, 0.29) is 25.3 Å². The van der Waals surface area contributed by atoms with E-state index in [1.54, 1.807) is 6.08 Å². The van der Waals surface area contributed by atoms with Crippen LogP contribution >= 0.6 is 11.8 Å². The third-order valence-corrected chi connectivity index (χ3v) is 5.06. The molecule has 3 rings (SSSR count). The number of nitrogens with one attached hydrogen (secondary N) is 1. The average molecular weight is 450 g/mol. The molecular weight excluding hydrogens is 433 g/mol. The quantitative estimate of drug-likeness (QED) is 0.646. The molecule has 1 aliphatic rings. The molecule has 1 aliphatic heterocycles. The summed E-state index contributed by atoms with van der Waals surface area (Å²) in [7, 11) is 0. The van der Waals surface area contributed by atoms with Crippen LogP contribution in [-0.2, 0) is 16.0 Å². The molecule has 0 aliphatic carbocycles. The number of hydrogen-bond donors (Lipinski definition) is 1. The number of carbonyl (C=O) groups excluding carboxylic acids is 3. The van der Waals surface area contributed by atoms with Crippen molar-refractivity contribution < 1.29 is 32.3 Å². The van der Waals surface area contributed by atoms with Crippen LogP contribution in [0.4, 0.5) is 18.0 Å². The molecule has 0 saturated carbocycles. The molecule has 2 aromatic rings. The van der Waals surface area contributed by atoms with Crippen molar-refractivity contribution in [2.24, 2.45) is 0 Å². The zero-order chi connectivity index (χ0) is 22.4. The number of halogens is 3. The lowest BCUT2D eigenvalue weighted by molar-refractivity contribution is -0.274. The van der Waals surface area contributed by atoms with Crippen LogP contribution in [-0.4, -0.2) is 41.4 Å². The maximum absolute atomic E-state index is 12.4. The average Bonchev–Trinajstić information content (AvgIpc) is 2.96. The highest BCUT2D eigenvalue weighted by atomic mass is 32.2. The Morgan fingerprint density at radius 3 is 2.39 bits per heavy atom. The summed E-state index contributed by atoms with van der Waals surface area (Å²) >= 11 is 0.837. The lowest BCUT2D eigenvalue weighted by Crippen LogP contribution is -2.37. The normalized spacial score (nSPS) is 15.5. The number of benzene rings is 2. The number of amides is 3. The fraction of sp³-hybridized carbons (Fsp3) is 0.190. The Morgan fingerprint density at radius 2 is 1.74 bits per heavy atom. The first kappa shape index (κ1) is 22.4. The molecule has 1 heterocycles. The fourth-order valence-electron chi connectivity index (χ4n) is 2.76. The van der Waals surface area contributed by atoms with Gasteiger partial charge in [0.05, 0.1) is 11.3 Å². The molecule has 1 N–H and O–H groups in total. The van der Waals surface area contributed by atoms with Gasteiger partial charge in [-0.25, -0.2) is 0 Å². The number of thioether (sulfide) groups is 1. The zero-order valence-corrected chi connectivity index (χ0v) is 16.8. The smallest absolute Gasteiger partial charge is 0.406 e. The van der Waals surface area contributed by atoms with Crippen LogP contribution in [0, 0.1) is 0 Å². The standard InChI is InChI=1S/C21H17F3N2O4S/c22-21(23,24)30-16-8-6-15(7-9-16)13-18(27)25-10-11-26-19(28)17(31-20(26)29)12-14-4-2-1-3-5-14/h1-9,12H,10-11,13H2,(H,25,27)/b17-12-. The maximum Gasteiger partial charge on any atom is 0.573 e. The van der Waals surface area contributed by atoms with Gasteiger partial charge in [0.15, 0.2) is 0 Å². The molecule has 2 aromatic carbocycles. The van der Waals surface area contributed by atoms with Crippen LogP contribution in [0.5, 0.6) is 5.75 Å². The molecule has 31 heavy (non-hydrogen) atoms. The molecule has 0 atom stereocenters. The van der Waals surface area contributed by atoms with E-state index >= 15 is 0 Å². The predicted molar refractivity (Wildman–Crippen MR) is 109 cm³/mol. The minimum atomic E-state index is -4.78. The van der Waals surface area contributed by atoms with Gasteiger partial charge in [0.25, 0.3) is 11.1 Å². The van der Waals surface area contributed by atoms with Gasteiger partial charge in [-0.2, -0.15) is 0 Å². The Balaban J connectivity index is 1.47. The van der Waals surface area contributed by atoms with E-state index in [0.717, 1.165) is 34.4 Å². The highest BCUT2D eigenvalue weighted by Gasteiger charge is 2.34. The number of hydrogen-bond acceptors (Lipinski definition) is 5. The molecule has 1 saturated heterocycles. The van der Waals surface area contributed by atoms with Crippen molar-refractivity contribution in [2.75, 3.05) is 13.1 Å². The highest BCUT2D eigenvalue weighted by molar-refractivity contribution is 8.18. The van der Waals surface area contributed by atoms with E-state index in [4.69, 9.17) is 0 Å². The van der Waals surface area contributed by atoms with Crippen molar-refractivity contribution in [3.05, 3.63) is 70.6 Å². The molecule has 10 heteroatoms. The minimum absolute atomic E-state index is 0.0148. The molecule has 1 fully saturated rings. The van der Waals surface area contributed by atoms with Crippen LogP contribution in [0.25, 0.3) is 6.08 Å². The molecule has 162 valence electrons. The van der Waals surface area contributed by atoms with Gasteiger partial charge in [-0.3, -0.25) is 19.3 Å². The van der Waals surface area contributed by atoms with Crippen molar-refractivity contribution in [1.29, 1.82) is 0 Å². The van der Waals surface area contributed by atoms with Gasteiger partial charge in [-0.1, -0.05) is 42.5 Å². The van der Waals surface area contributed by atoms with Crippen molar-refractivity contribution in [1.82, 2.24) is 10.2 Å². The number of carbonyl (C=O) groups is 3. The van der Waals surface area contributed by atoms with Gasteiger partial charge in [-0.05, 0) is 41.1 Å². The third-order valence-electron chi connectivity index (χ3n) is 4.15. The largest absolute Gasteiger partial charge is 0.573 e. The summed E-state index contributed by atoms with van der Waals surface area (Å²) < 4.78 is 40.3. The molecular formula is C21H17F3N2O4S. The van der Waals surface area contributed by atoms with E-state index < -0.39 is 23.4 Å². The molecule has 0 spiro atoms. The van der Waals surface area contributed by atoms with Gasteiger partial charge in [0.1, 0.15) is 5.75 Å².